The molecule has 1 saturated heterocycles. The standard InChI is InChI=1S/C13H25NO5/c1-3-13(8-18-9-13)10-19-12(17)4-5-14(2)6-11(16)7-15/h11,15-16H,3-10H2,1-2H3. The lowest BCUT2D eigenvalue weighted by atomic mass is 9.84. The molecule has 1 unspecified atom stereocenters. The molecule has 0 radical (unpaired) electrons. The van der Waals surface area contributed by atoms with Crippen molar-refractivity contribution in [1.82, 2.24) is 4.90 Å². The Labute approximate surface area is 114 Å². The summed E-state index contributed by atoms with van der Waals surface area (Å²) >= 11 is 0. The lowest BCUT2D eigenvalue weighted by molar-refractivity contribution is -0.170. The molecule has 6 nitrogen and oxygen atoms in total. The number of likely N-dealkylation sites (N-methyl/N-ethyl adjacent to an activating group) is 1. The maximum absolute atomic E-state index is 11.6. The molecule has 1 fully saturated rings. The monoisotopic (exact) mass is 275 g/mol. The van der Waals surface area contributed by atoms with E-state index >= 15 is 0 Å². The molecular weight excluding hydrogens is 250 g/mol. The first kappa shape index (κ1) is 16.4. The number of aliphatic hydroxyl groups excluding tert-OH is 2. The van der Waals surface area contributed by atoms with Crippen LogP contribution in [-0.2, 0) is 14.3 Å². The Balaban J connectivity index is 2.14. The Kier molecular flexibility index (Phi) is 6.71. The van der Waals surface area contributed by atoms with Crippen molar-refractivity contribution in [2.24, 2.45) is 5.41 Å². The van der Waals surface area contributed by atoms with Gasteiger partial charge in [-0.1, -0.05) is 6.92 Å². The maximum Gasteiger partial charge on any atom is 0.307 e. The Morgan fingerprint density at radius 1 is 1.53 bits per heavy atom. The summed E-state index contributed by atoms with van der Waals surface area (Å²) < 4.78 is 10.4. The molecule has 6 heteroatoms. The highest BCUT2D eigenvalue weighted by atomic mass is 16.5. The van der Waals surface area contributed by atoms with Crippen molar-refractivity contribution in [2.45, 2.75) is 25.9 Å². The summed E-state index contributed by atoms with van der Waals surface area (Å²) in [5, 5.41) is 18.0. The number of hydrogen-bond acceptors (Lipinski definition) is 6. The number of ether oxygens (including phenoxy) is 2. The van der Waals surface area contributed by atoms with E-state index in [0.29, 0.717) is 32.9 Å². The minimum atomic E-state index is -0.767. The van der Waals surface area contributed by atoms with E-state index in [9.17, 15) is 9.90 Å². The van der Waals surface area contributed by atoms with Crippen LogP contribution in [0.2, 0.25) is 0 Å². The minimum Gasteiger partial charge on any atom is -0.465 e. The normalized spacial score (nSPS) is 19.0. The molecule has 0 aromatic carbocycles. The maximum atomic E-state index is 11.6. The van der Waals surface area contributed by atoms with E-state index in [-0.39, 0.29) is 24.4 Å². The summed E-state index contributed by atoms with van der Waals surface area (Å²) in [6, 6.07) is 0. The topological polar surface area (TPSA) is 79.2 Å². The summed E-state index contributed by atoms with van der Waals surface area (Å²) in [5.74, 6) is -0.231. The van der Waals surface area contributed by atoms with E-state index in [1.165, 1.54) is 0 Å². The van der Waals surface area contributed by atoms with Crippen molar-refractivity contribution in [1.29, 1.82) is 0 Å². The highest BCUT2D eigenvalue weighted by Crippen LogP contribution is 2.31. The van der Waals surface area contributed by atoms with Crippen LogP contribution in [0.1, 0.15) is 19.8 Å². The average Bonchev–Trinajstić information content (AvgIpc) is 2.35. The third-order valence-electron chi connectivity index (χ3n) is 3.54. The minimum absolute atomic E-state index is 0.0225. The number of esters is 1. The third-order valence-corrected chi connectivity index (χ3v) is 3.54. The molecule has 0 aliphatic carbocycles. The first-order chi connectivity index (χ1) is 9.01. The predicted molar refractivity (Wildman–Crippen MR) is 69.7 cm³/mol. The second-order valence-electron chi connectivity index (χ2n) is 5.36. The number of hydrogen-bond donors (Lipinski definition) is 2. The van der Waals surface area contributed by atoms with E-state index in [0.717, 1.165) is 6.42 Å². The molecule has 0 bridgehead atoms. The van der Waals surface area contributed by atoms with Crippen LogP contribution in [0.25, 0.3) is 0 Å². The molecule has 0 amide bonds. The second-order valence-corrected chi connectivity index (χ2v) is 5.36. The first-order valence-corrected chi connectivity index (χ1v) is 6.72. The zero-order valence-corrected chi connectivity index (χ0v) is 11.8. The van der Waals surface area contributed by atoms with Crippen LogP contribution in [-0.4, -0.2) is 73.8 Å². The molecule has 1 heterocycles. The van der Waals surface area contributed by atoms with E-state index in [1.54, 1.807) is 11.9 Å². The van der Waals surface area contributed by atoms with E-state index < -0.39 is 6.10 Å². The summed E-state index contributed by atoms with van der Waals surface area (Å²) in [6.45, 7) is 4.40. The Hall–Kier alpha value is -0.690. The van der Waals surface area contributed by atoms with Gasteiger partial charge in [-0.05, 0) is 13.5 Å². The summed E-state index contributed by atoms with van der Waals surface area (Å²) in [7, 11) is 1.79. The van der Waals surface area contributed by atoms with Gasteiger partial charge in [-0.3, -0.25) is 4.79 Å². The van der Waals surface area contributed by atoms with Crippen LogP contribution in [0.5, 0.6) is 0 Å². The van der Waals surface area contributed by atoms with Gasteiger partial charge in [-0.25, -0.2) is 0 Å². The SMILES string of the molecule is CCC1(COC(=O)CCN(C)CC(O)CO)COC1. The highest BCUT2D eigenvalue weighted by molar-refractivity contribution is 5.69. The van der Waals surface area contributed by atoms with Crippen LogP contribution < -0.4 is 0 Å². The van der Waals surface area contributed by atoms with Gasteiger partial charge in [0, 0.05) is 13.1 Å². The van der Waals surface area contributed by atoms with Gasteiger partial charge < -0.3 is 24.6 Å². The van der Waals surface area contributed by atoms with Crippen molar-refractivity contribution in [3.05, 3.63) is 0 Å². The van der Waals surface area contributed by atoms with Crippen LogP contribution in [0.15, 0.2) is 0 Å². The Morgan fingerprint density at radius 2 is 2.21 bits per heavy atom. The summed E-state index contributed by atoms with van der Waals surface area (Å²) in [5.41, 5.74) is 0.0225. The summed E-state index contributed by atoms with van der Waals surface area (Å²) in [4.78, 5) is 13.4. The molecule has 19 heavy (non-hydrogen) atoms. The quantitative estimate of drug-likeness (QED) is 0.559. The molecule has 2 N–H and O–H groups in total. The number of carbonyl (C=O) groups is 1. The lowest BCUT2D eigenvalue weighted by Crippen LogP contribution is -2.46. The van der Waals surface area contributed by atoms with Gasteiger partial charge in [0.25, 0.3) is 0 Å². The number of carbonyl (C=O) groups excluding carboxylic acids is 1. The molecule has 0 saturated carbocycles. The van der Waals surface area contributed by atoms with Crippen LogP contribution >= 0.6 is 0 Å². The van der Waals surface area contributed by atoms with Gasteiger partial charge in [-0.15, -0.1) is 0 Å². The molecule has 1 aliphatic rings. The van der Waals surface area contributed by atoms with Crippen LogP contribution in [0.4, 0.5) is 0 Å². The van der Waals surface area contributed by atoms with Crippen LogP contribution in [0.3, 0.4) is 0 Å². The van der Waals surface area contributed by atoms with E-state index in [1.807, 2.05) is 0 Å². The number of aliphatic hydroxyl groups is 2. The molecule has 0 spiro atoms. The molecule has 1 rings (SSSR count). The smallest absolute Gasteiger partial charge is 0.307 e. The van der Waals surface area contributed by atoms with E-state index in [4.69, 9.17) is 14.6 Å². The van der Waals surface area contributed by atoms with Gasteiger partial charge in [0.2, 0.25) is 0 Å². The molecular formula is C13H25NO5. The van der Waals surface area contributed by atoms with Gasteiger partial charge in [-0.2, -0.15) is 0 Å². The highest BCUT2D eigenvalue weighted by Gasteiger charge is 2.38. The fraction of sp³-hybridized carbons (Fsp3) is 0.923. The van der Waals surface area contributed by atoms with Crippen molar-refractivity contribution in [2.75, 3.05) is 46.6 Å². The van der Waals surface area contributed by atoms with Crippen molar-refractivity contribution < 1.29 is 24.5 Å². The zero-order chi connectivity index (χ0) is 14.3. The van der Waals surface area contributed by atoms with E-state index in [2.05, 4.69) is 6.92 Å². The molecule has 0 aromatic heterocycles. The number of rotatable bonds is 9. The Bertz CT molecular complexity index is 275. The van der Waals surface area contributed by atoms with Crippen molar-refractivity contribution in [3.63, 3.8) is 0 Å². The summed E-state index contributed by atoms with van der Waals surface area (Å²) in [6.07, 6.45) is 0.467. The third kappa shape index (κ3) is 5.44. The predicted octanol–water partition coefficient (Wildman–Crippen LogP) is -0.369. The van der Waals surface area contributed by atoms with Gasteiger partial charge in [0.15, 0.2) is 0 Å². The van der Waals surface area contributed by atoms with Crippen molar-refractivity contribution in [3.8, 4) is 0 Å². The van der Waals surface area contributed by atoms with Gasteiger partial charge in [0.1, 0.15) is 6.61 Å². The first-order valence-electron chi connectivity index (χ1n) is 6.72. The van der Waals surface area contributed by atoms with Gasteiger partial charge in [0.05, 0.1) is 37.8 Å². The molecule has 1 atom stereocenters. The lowest BCUT2D eigenvalue weighted by Gasteiger charge is -2.39. The second kappa shape index (κ2) is 7.79. The number of nitrogens with zero attached hydrogens (tertiary/aromatic N) is 1. The largest absolute Gasteiger partial charge is 0.465 e. The zero-order valence-electron chi connectivity index (χ0n) is 11.8. The fourth-order valence-corrected chi connectivity index (χ4v) is 1.88. The van der Waals surface area contributed by atoms with Crippen LogP contribution in [0, 0.1) is 5.41 Å². The average molecular weight is 275 g/mol. The van der Waals surface area contributed by atoms with Crippen molar-refractivity contribution >= 4 is 5.97 Å². The fourth-order valence-electron chi connectivity index (χ4n) is 1.88. The molecule has 0 aromatic rings. The molecule has 112 valence electrons. The van der Waals surface area contributed by atoms with Gasteiger partial charge >= 0.3 is 5.97 Å². The Morgan fingerprint density at radius 3 is 2.68 bits per heavy atom. The molecule has 1 aliphatic heterocycles.